The lowest BCUT2D eigenvalue weighted by Gasteiger charge is -2.15. The first kappa shape index (κ1) is 11.1. The third-order valence-electron chi connectivity index (χ3n) is 2.59. The van der Waals surface area contributed by atoms with Crippen molar-refractivity contribution in [2.24, 2.45) is 0 Å². The average molecular weight is 238 g/mol. The molecule has 3 nitrogen and oxygen atoms in total. The molecule has 1 aromatic rings. The monoisotopic (exact) mass is 237 g/mol. The predicted octanol–water partition coefficient (Wildman–Crippen LogP) is 3.26. The average Bonchev–Trinajstić information content (AvgIpc) is 2.65. The summed E-state index contributed by atoms with van der Waals surface area (Å²) in [4.78, 5) is 0. The van der Waals surface area contributed by atoms with Crippen molar-refractivity contribution in [1.29, 1.82) is 5.26 Å². The van der Waals surface area contributed by atoms with E-state index in [0.717, 1.165) is 16.9 Å². The highest BCUT2D eigenvalue weighted by molar-refractivity contribution is 6.31. The van der Waals surface area contributed by atoms with Crippen molar-refractivity contribution in [3.8, 4) is 17.6 Å². The number of rotatable bonds is 2. The van der Waals surface area contributed by atoms with E-state index >= 15 is 0 Å². The first-order valence-corrected chi connectivity index (χ1v) is 5.50. The molecular formula is C12H12ClNO2. The standard InChI is InChI=1S/C12H12ClNO2/c1-7(2)11-8(3-4-14)9(13)5-10-12(11)16-6-15-10/h5,7H,3,6H2,1-2H3. The van der Waals surface area contributed by atoms with E-state index in [1.54, 1.807) is 6.07 Å². The number of nitrogens with zero attached hydrogens (tertiary/aromatic N) is 1. The van der Waals surface area contributed by atoms with E-state index in [1.807, 2.05) is 0 Å². The Bertz CT molecular complexity index is 463. The highest BCUT2D eigenvalue weighted by Crippen LogP contribution is 2.44. The molecule has 0 saturated carbocycles. The van der Waals surface area contributed by atoms with Gasteiger partial charge in [0.2, 0.25) is 6.79 Å². The third kappa shape index (κ3) is 1.70. The van der Waals surface area contributed by atoms with Crippen LogP contribution in [0.5, 0.6) is 11.5 Å². The molecule has 1 heterocycles. The number of hydrogen-bond donors (Lipinski definition) is 0. The van der Waals surface area contributed by atoms with E-state index in [2.05, 4.69) is 19.9 Å². The van der Waals surface area contributed by atoms with Crippen LogP contribution in [0.3, 0.4) is 0 Å². The van der Waals surface area contributed by atoms with Gasteiger partial charge in [-0.2, -0.15) is 5.26 Å². The summed E-state index contributed by atoms with van der Waals surface area (Å²) in [6, 6.07) is 3.86. The summed E-state index contributed by atoms with van der Waals surface area (Å²) in [6.07, 6.45) is 0.295. The molecule has 1 aliphatic heterocycles. The first-order valence-electron chi connectivity index (χ1n) is 5.13. The van der Waals surface area contributed by atoms with E-state index in [1.165, 1.54) is 0 Å². The smallest absolute Gasteiger partial charge is 0.231 e. The minimum Gasteiger partial charge on any atom is -0.454 e. The molecule has 0 aliphatic carbocycles. The summed E-state index contributed by atoms with van der Waals surface area (Å²) in [5, 5.41) is 9.40. The fraction of sp³-hybridized carbons (Fsp3) is 0.417. The van der Waals surface area contributed by atoms with Crippen LogP contribution < -0.4 is 9.47 Å². The van der Waals surface area contributed by atoms with Crippen LogP contribution in [-0.4, -0.2) is 6.79 Å². The third-order valence-corrected chi connectivity index (χ3v) is 2.93. The maximum absolute atomic E-state index is 8.82. The molecule has 0 atom stereocenters. The van der Waals surface area contributed by atoms with Crippen LogP contribution in [0.25, 0.3) is 0 Å². The van der Waals surface area contributed by atoms with Crippen LogP contribution in [0.15, 0.2) is 6.07 Å². The predicted molar refractivity (Wildman–Crippen MR) is 61.0 cm³/mol. The Morgan fingerprint density at radius 3 is 2.88 bits per heavy atom. The summed E-state index contributed by atoms with van der Waals surface area (Å²) in [5.41, 5.74) is 1.84. The van der Waals surface area contributed by atoms with Gasteiger partial charge in [0.25, 0.3) is 0 Å². The van der Waals surface area contributed by atoms with E-state index in [4.69, 9.17) is 26.3 Å². The zero-order valence-corrected chi connectivity index (χ0v) is 9.97. The Kier molecular flexibility index (Phi) is 2.93. The van der Waals surface area contributed by atoms with E-state index in [9.17, 15) is 0 Å². The molecular weight excluding hydrogens is 226 g/mol. The van der Waals surface area contributed by atoms with E-state index in [-0.39, 0.29) is 12.7 Å². The number of halogens is 1. The summed E-state index contributed by atoms with van der Waals surface area (Å²) < 4.78 is 10.8. The SMILES string of the molecule is CC(C)c1c(CC#N)c(Cl)cc2c1OCO2. The molecule has 0 fully saturated rings. The van der Waals surface area contributed by atoms with Gasteiger partial charge in [-0.1, -0.05) is 25.4 Å². The second-order valence-electron chi connectivity index (χ2n) is 3.97. The molecule has 16 heavy (non-hydrogen) atoms. The quantitative estimate of drug-likeness (QED) is 0.793. The number of hydrogen-bond acceptors (Lipinski definition) is 3. The Morgan fingerprint density at radius 1 is 1.50 bits per heavy atom. The fourth-order valence-corrected chi connectivity index (χ4v) is 2.21. The molecule has 1 aromatic carbocycles. The minimum absolute atomic E-state index is 0.224. The first-order chi connectivity index (χ1) is 7.65. The van der Waals surface area contributed by atoms with Gasteiger partial charge in [0, 0.05) is 16.7 Å². The number of fused-ring (bicyclic) bond motifs is 1. The highest BCUT2D eigenvalue weighted by atomic mass is 35.5. The summed E-state index contributed by atoms with van der Waals surface area (Å²) >= 11 is 6.15. The van der Waals surface area contributed by atoms with Gasteiger partial charge in [0.05, 0.1) is 12.5 Å². The van der Waals surface area contributed by atoms with Crippen LogP contribution in [0.1, 0.15) is 30.9 Å². The fourth-order valence-electron chi connectivity index (χ4n) is 1.94. The van der Waals surface area contributed by atoms with Crippen LogP contribution in [-0.2, 0) is 6.42 Å². The van der Waals surface area contributed by atoms with Crippen molar-refractivity contribution in [1.82, 2.24) is 0 Å². The largest absolute Gasteiger partial charge is 0.454 e. The highest BCUT2D eigenvalue weighted by Gasteiger charge is 2.25. The second-order valence-corrected chi connectivity index (χ2v) is 4.38. The normalized spacial score (nSPS) is 12.9. The lowest BCUT2D eigenvalue weighted by atomic mass is 9.94. The molecule has 84 valence electrons. The zero-order valence-electron chi connectivity index (χ0n) is 9.21. The minimum atomic E-state index is 0.224. The molecule has 0 radical (unpaired) electrons. The number of ether oxygens (including phenoxy) is 2. The van der Waals surface area contributed by atoms with Gasteiger partial charge >= 0.3 is 0 Å². The Balaban J connectivity index is 2.64. The Hall–Kier alpha value is -1.40. The maximum Gasteiger partial charge on any atom is 0.231 e. The van der Waals surface area contributed by atoms with Gasteiger partial charge in [-0.15, -0.1) is 0 Å². The summed E-state index contributed by atoms with van der Waals surface area (Å²) in [7, 11) is 0. The zero-order chi connectivity index (χ0) is 11.7. The van der Waals surface area contributed by atoms with Crippen LogP contribution in [0.2, 0.25) is 5.02 Å². The molecule has 0 N–H and O–H groups in total. The number of benzene rings is 1. The van der Waals surface area contributed by atoms with Crippen molar-refractivity contribution in [3.63, 3.8) is 0 Å². The van der Waals surface area contributed by atoms with E-state index in [0.29, 0.717) is 17.2 Å². The van der Waals surface area contributed by atoms with Crippen molar-refractivity contribution in [3.05, 3.63) is 22.2 Å². The second kappa shape index (κ2) is 4.23. The number of nitriles is 1. The van der Waals surface area contributed by atoms with Gasteiger partial charge in [0.1, 0.15) is 0 Å². The van der Waals surface area contributed by atoms with Crippen LogP contribution in [0, 0.1) is 11.3 Å². The molecule has 0 saturated heterocycles. The summed E-state index contributed by atoms with van der Waals surface area (Å²) in [5.74, 6) is 1.66. The molecule has 0 aromatic heterocycles. The van der Waals surface area contributed by atoms with Crippen molar-refractivity contribution in [2.45, 2.75) is 26.2 Å². The molecule has 0 spiro atoms. The van der Waals surface area contributed by atoms with Crippen LogP contribution >= 0.6 is 11.6 Å². The molecule has 0 unspecified atom stereocenters. The molecule has 2 rings (SSSR count). The Morgan fingerprint density at radius 2 is 2.25 bits per heavy atom. The van der Waals surface area contributed by atoms with Gasteiger partial charge in [-0.25, -0.2) is 0 Å². The van der Waals surface area contributed by atoms with E-state index < -0.39 is 0 Å². The molecule has 4 heteroatoms. The van der Waals surface area contributed by atoms with Crippen LogP contribution in [0.4, 0.5) is 0 Å². The lowest BCUT2D eigenvalue weighted by Crippen LogP contribution is -2.00. The molecule has 0 bridgehead atoms. The Labute approximate surface area is 99.5 Å². The van der Waals surface area contributed by atoms with Gasteiger partial charge < -0.3 is 9.47 Å². The lowest BCUT2D eigenvalue weighted by molar-refractivity contribution is 0.173. The topological polar surface area (TPSA) is 42.2 Å². The molecule has 1 aliphatic rings. The van der Waals surface area contributed by atoms with Crippen molar-refractivity contribution < 1.29 is 9.47 Å². The van der Waals surface area contributed by atoms with Crippen molar-refractivity contribution >= 4 is 11.6 Å². The summed E-state index contributed by atoms with van der Waals surface area (Å²) in [6.45, 7) is 4.32. The van der Waals surface area contributed by atoms with Crippen molar-refractivity contribution in [2.75, 3.05) is 6.79 Å². The van der Waals surface area contributed by atoms with Gasteiger partial charge in [-0.05, 0) is 11.5 Å². The maximum atomic E-state index is 8.82. The molecule has 0 amide bonds. The van der Waals surface area contributed by atoms with Gasteiger partial charge in [0.15, 0.2) is 11.5 Å². The van der Waals surface area contributed by atoms with Gasteiger partial charge in [-0.3, -0.25) is 0 Å².